The minimum Gasteiger partial charge on any atom is -0.346 e. The van der Waals surface area contributed by atoms with Gasteiger partial charge in [-0.25, -0.2) is 4.98 Å². The fourth-order valence-corrected chi connectivity index (χ4v) is 2.09. The highest BCUT2D eigenvalue weighted by molar-refractivity contribution is 5.77. The Labute approximate surface area is 109 Å². The summed E-state index contributed by atoms with van der Waals surface area (Å²) >= 11 is 0. The lowest BCUT2D eigenvalue weighted by Crippen LogP contribution is -2.13. The van der Waals surface area contributed by atoms with Crippen molar-refractivity contribution in [2.45, 2.75) is 13.1 Å². The zero-order valence-electron chi connectivity index (χ0n) is 10.3. The summed E-state index contributed by atoms with van der Waals surface area (Å²) in [5, 5.41) is 0.612. The van der Waals surface area contributed by atoms with E-state index in [-0.39, 0.29) is 5.56 Å². The average molecular weight is 254 g/mol. The normalized spacial score (nSPS) is 11.0. The highest BCUT2D eigenvalue weighted by Crippen LogP contribution is 2.07. The van der Waals surface area contributed by atoms with Crippen LogP contribution in [0.3, 0.4) is 0 Å². The number of rotatable bonds is 3. The van der Waals surface area contributed by atoms with Crippen LogP contribution in [0, 0.1) is 0 Å². The van der Waals surface area contributed by atoms with E-state index in [1.54, 1.807) is 6.07 Å². The maximum Gasteiger partial charge on any atom is 0.258 e. The van der Waals surface area contributed by atoms with Crippen molar-refractivity contribution in [3.63, 3.8) is 0 Å². The second kappa shape index (κ2) is 4.70. The number of para-hydroxylation sites is 1. The van der Waals surface area contributed by atoms with Crippen LogP contribution in [0.1, 0.15) is 11.4 Å². The number of hydrogen-bond acceptors (Lipinski definition) is 3. The second-order valence-electron chi connectivity index (χ2n) is 4.43. The van der Waals surface area contributed by atoms with E-state index >= 15 is 0 Å². The number of hydrogen-bond donors (Lipinski definition) is 2. The SMILES string of the molecule is NCc1ccn(Cc2nc3ccccc3c(=O)[nH]2)c1. The number of H-pyrrole nitrogens is 1. The van der Waals surface area contributed by atoms with Gasteiger partial charge in [0.15, 0.2) is 0 Å². The molecule has 1 aromatic carbocycles. The molecule has 5 heteroatoms. The molecule has 0 atom stereocenters. The number of nitrogens with zero attached hydrogens (tertiary/aromatic N) is 2. The summed E-state index contributed by atoms with van der Waals surface area (Å²) in [4.78, 5) is 19.2. The van der Waals surface area contributed by atoms with Crippen molar-refractivity contribution in [2.24, 2.45) is 5.73 Å². The minimum absolute atomic E-state index is 0.105. The van der Waals surface area contributed by atoms with Gasteiger partial charge in [-0.2, -0.15) is 0 Å². The molecule has 0 spiro atoms. The number of nitrogens with two attached hydrogens (primary N) is 1. The summed E-state index contributed by atoms with van der Waals surface area (Å²) < 4.78 is 1.95. The van der Waals surface area contributed by atoms with Crippen molar-refractivity contribution < 1.29 is 0 Å². The first-order valence-electron chi connectivity index (χ1n) is 6.09. The molecule has 3 N–H and O–H groups in total. The van der Waals surface area contributed by atoms with Crippen LogP contribution in [0.2, 0.25) is 0 Å². The van der Waals surface area contributed by atoms with Gasteiger partial charge in [-0.15, -0.1) is 0 Å². The molecule has 3 aromatic rings. The second-order valence-corrected chi connectivity index (χ2v) is 4.43. The first-order valence-corrected chi connectivity index (χ1v) is 6.09. The number of nitrogens with one attached hydrogen (secondary N) is 1. The van der Waals surface area contributed by atoms with E-state index in [4.69, 9.17) is 5.73 Å². The van der Waals surface area contributed by atoms with Crippen LogP contribution in [-0.2, 0) is 13.1 Å². The molecular weight excluding hydrogens is 240 g/mol. The predicted molar refractivity (Wildman–Crippen MR) is 73.8 cm³/mol. The van der Waals surface area contributed by atoms with Crippen LogP contribution in [-0.4, -0.2) is 14.5 Å². The fourth-order valence-electron chi connectivity index (χ4n) is 2.09. The van der Waals surface area contributed by atoms with Crippen molar-refractivity contribution in [1.29, 1.82) is 0 Å². The maximum absolute atomic E-state index is 11.9. The van der Waals surface area contributed by atoms with Crippen LogP contribution in [0.4, 0.5) is 0 Å². The van der Waals surface area contributed by atoms with Crippen LogP contribution in [0.5, 0.6) is 0 Å². The van der Waals surface area contributed by atoms with E-state index in [2.05, 4.69) is 9.97 Å². The molecule has 0 fully saturated rings. The third-order valence-corrected chi connectivity index (χ3v) is 3.04. The van der Waals surface area contributed by atoms with E-state index in [1.807, 2.05) is 41.2 Å². The van der Waals surface area contributed by atoms with Crippen molar-refractivity contribution in [2.75, 3.05) is 0 Å². The third-order valence-electron chi connectivity index (χ3n) is 3.04. The van der Waals surface area contributed by atoms with Gasteiger partial charge in [-0.05, 0) is 23.8 Å². The molecular formula is C14H14N4O. The van der Waals surface area contributed by atoms with Gasteiger partial charge in [-0.1, -0.05) is 12.1 Å². The molecule has 0 aliphatic carbocycles. The van der Waals surface area contributed by atoms with Crippen LogP contribution < -0.4 is 11.3 Å². The zero-order chi connectivity index (χ0) is 13.2. The first-order chi connectivity index (χ1) is 9.26. The monoisotopic (exact) mass is 254 g/mol. The van der Waals surface area contributed by atoms with Crippen LogP contribution in [0.25, 0.3) is 10.9 Å². The molecule has 0 saturated carbocycles. The van der Waals surface area contributed by atoms with Gasteiger partial charge in [0.05, 0.1) is 17.4 Å². The van der Waals surface area contributed by atoms with Gasteiger partial charge in [0.1, 0.15) is 5.82 Å². The number of benzene rings is 1. The van der Waals surface area contributed by atoms with E-state index in [0.29, 0.717) is 29.8 Å². The van der Waals surface area contributed by atoms with Gasteiger partial charge in [-0.3, -0.25) is 4.79 Å². The quantitative estimate of drug-likeness (QED) is 0.738. The molecule has 0 bridgehead atoms. The Morgan fingerprint density at radius 2 is 2.11 bits per heavy atom. The summed E-state index contributed by atoms with van der Waals surface area (Å²) in [5.41, 5.74) is 7.24. The van der Waals surface area contributed by atoms with E-state index in [9.17, 15) is 4.79 Å². The van der Waals surface area contributed by atoms with Crippen molar-refractivity contribution in [3.05, 3.63) is 64.5 Å². The summed E-state index contributed by atoms with van der Waals surface area (Å²) in [6, 6.07) is 9.28. The Balaban J connectivity index is 1.99. The van der Waals surface area contributed by atoms with E-state index in [0.717, 1.165) is 5.56 Å². The van der Waals surface area contributed by atoms with E-state index in [1.165, 1.54) is 0 Å². The Hall–Kier alpha value is -2.40. The van der Waals surface area contributed by atoms with Gasteiger partial charge < -0.3 is 15.3 Å². The van der Waals surface area contributed by atoms with Gasteiger partial charge in [0, 0.05) is 18.9 Å². The largest absolute Gasteiger partial charge is 0.346 e. The average Bonchev–Trinajstić information content (AvgIpc) is 2.86. The molecule has 0 aliphatic rings. The highest BCUT2D eigenvalue weighted by atomic mass is 16.1. The Morgan fingerprint density at radius 3 is 2.89 bits per heavy atom. The lowest BCUT2D eigenvalue weighted by Gasteiger charge is -2.04. The molecule has 0 aliphatic heterocycles. The fraction of sp³-hybridized carbons (Fsp3) is 0.143. The lowest BCUT2D eigenvalue weighted by atomic mass is 10.2. The molecule has 0 unspecified atom stereocenters. The smallest absolute Gasteiger partial charge is 0.258 e. The Bertz CT molecular complexity index is 772. The summed E-state index contributed by atoms with van der Waals surface area (Å²) in [5.74, 6) is 0.642. The molecule has 0 radical (unpaired) electrons. The number of aromatic amines is 1. The van der Waals surface area contributed by atoms with Crippen LogP contribution in [0.15, 0.2) is 47.5 Å². The maximum atomic E-state index is 11.9. The molecule has 96 valence electrons. The van der Waals surface area contributed by atoms with E-state index < -0.39 is 0 Å². The van der Waals surface area contributed by atoms with Crippen molar-refractivity contribution in [3.8, 4) is 0 Å². The molecule has 5 nitrogen and oxygen atoms in total. The van der Waals surface area contributed by atoms with Crippen molar-refractivity contribution in [1.82, 2.24) is 14.5 Å². The molecule has 2 heterocycles. The first kappa shape index (κ1) is 11.7. The van der Waals surface area contributed by atoms with Gasteiger partial charge in [0.25, 0.3) is 5.56 Å². The minimum atomic E-state index is -0.105. The molecule has 2 aromatic heterocycles. The summed E-state index contributed by atoms with van der Waals surface area (Å²) in [7, 11) is 0. The number of aromatic nitrogens is 3. The highest BCUT2D eigenvalue weighted by Gasteiger charge is 2.04. The lowest BCUT2D eigenvalue weighted by molar-refractivity contribution is 0.748. The Morgan fingerprint density at radius 1 is 1.26 bits per heavy atom. The van der Waals surface area contributed by atoms with Crippen LogP contribution >= 0.6 is 0 Å². The Kier molecular flexibility index (Phi) is 2.89. The standard InChI is InChI=1S/C14H14N4O/c15-7-10-5-6-18(8-10)9-13-16-12-4-2-1-3-11(12)14(19)17-13/h1-6,8H,7,9,15H2,(H,16,17,19). The van der Waals surface area contributed by atoms with Gasteiger partial charge in [0.2, 0.25) is 0 Å². The summed E-state index contributed by atoms with van der Waals surface area (Å²) in [6.45, 7) is 1.04. The molecule has 19 heavy (non-hydrogen) atoms. The van der Waals surface area contributed by atoms with Gasteiger partial charge >= 0.3 is 0 Å². The predicted octanol–water partition coefficient (Wildman–Crippen LogP) is 1.23. The molecule has 0 amide bonds. The zero-order valence-corrected chi connectivity index (χ0v) is 10.3. The van der Waals surface area contributed by atoms with Crippen molar-refractivity contribution >= 4 is 10.9 Å². The number of fused-ring (bicyclic) bond motifs is 1. The third kappa shape index (κ3) is 2.28. The topological polar surface area (TPSA) is 76.7 Å². The molecule has 3 rings (SSSR count). The molecule has 0 saturated heterocycles. The summed E-state index contributed by atoms with van der Waals surface area (Å²) in [6.07, 6.45) is 3.88.